The van der Waals surface area contributed by atoms with Crippen molar-refractivity contribution < 1.29 is 13.2 Å². The van der Waals surface area contributed by atoms with Gasteiger partial charge in [-0.2, -0.15) is 4.31 Å². The molecule has 0 atom stereocenters. The Morgan fingerprint density at radius 3 is 2.33 bits per heavy atom. The number of hydrogen-bond acceptors (Lipinski definition) is 5. The van der Waals surface area contributed by atoms with Crippen LogP contribution in [0.25, 0.3) is 0 Å². The third-order valence-corrected chi connectivity index (χ3v) is 8.55. The van der Waals surface area contributed by atoms with Crippen LogP contribution in [0.3, 0.4) is 0 Å². The summed E-state index contributed by atoms with van der Waals surface area (Å²) in [4.78, 5) is 17.7. The monoisotopic (exact) mass is 470 g/mol. The van der Waals surface area contributed by atoms with Gasteiger partial charge >= 0.3 is 0 Å². The number of carbonyl (C=O) groups excluding carboxylic acids is 1. The molecule has 0 bridgehead atoms. The van der Waals surface area contributed by atoms with E-state index >= 15 is 0 Å². The third kappa shape index (κ3) is 5.57. The van der Waals surface area contributed by atoms with Gasteiger partial charge in [-0.3, -0.25) is 4.79 Å². The maximum Gasteiger partial charge on any atom is 0.243 e. The van der Waals surface area contributed by atoms with Gasteiger partial charge in [0.15, 0.2) is 0 Å². The average molecular weight is 471 g/mol. The lowest BCUT2D eigenvalue weighted by molar-refractivity contribution is -0.115. The molecule has 2 aromatic rings. The van der Waals surface area contributed by atoms with E-state index in [4.69, 9.17) is 0 Å². The predicted molar refractivity (Wildman–Crippen MR) is 132 cm³/mol. The molecule has 2 aliphatic rings. The van der Waals surface area contributed by atoms with E-state index in [-0.39, 0.29) is 17.2 Å². The Balaban J connectivity index is 1.63. The number of likely N-dealkylation sites (N-methyl/N-ethyl adjacent to an activating group) is 1. The van der Waals surface area contributed by atoms with E-state index in [0.29, 0.717) is 18.8 Å². The van der Waals surface area contributed by atoms with Gasteiger partial charge in [0, 0.05) is 39.3 Å². The number of piperazine rings is 1. The zero-order valence-electron chi connectivity index (χ0n) is 19.6. The number of piperidine rings is 1. The van der Waals surface area contributed by atoms with Crippen LogP contribution in [0.15, 0.2) is 47.4 Å². The maximum absolute atomic E-state index is 13.3. The Morgan fingerprint density at radius 2 is 1.64 bits per heavy atom. The second-order valence-electron chi connectivity index (χ2n) is 9.09. The van der Waals surface area contributed by atoms with E-state index in [2.05, 4.69) is 22.2 Å². The van der Waals surface area contributed by atoms with E-state index in [9.17, 15) is 13.2 Å². The molecule has 7 nitrogen and oxygen atoms in total. The zero-order chi connectivity index (χ0) is 23.4. The van der Waals surface area contributed by atoms with Crippen molar-refractivity contribution in [1.82, 2.24) is 9.21 Å². The minimum Gasteiger partial charge on any atom is -0.367 e. The Labute approximate surface area is 197 Å². The molecular weight excluding hydrogens is 436 g/mol. The van der Waals surface area contributed by atoms with Gasteiger partial charge in [-0.1, -0.05) is 30.7 Å². The van der Waals surface area contributed by atoms with Crippen LogP contribution in [0, 0.1) is 6.92 Å². The highest BCUT2D eigenvalue weighted by Crippen LogP contribution is 2.32. The number of nitrogens with zero attached hydrogens (tertiary/aromatic N) is 3. The summed E-state index contributed by atoms with van der Waals surface area (Å²) in [6.07, 6.45) is 3.09. The van der Waals surface area contributed by atoms with Crippen LogP contribution >= 0.6 is 0 Å². The molecule has 2 fully saturated rings. The lowest BCUT2D eigenvalue weighted by atomic mass is 10.1. The average Bonchev–Trinajstić information content (AvgIpc) is 2.82. The number of hydrogen-bond donors (Lipinski definition) is 1. The highest BCUT2D eigenvalue weighted by atomic mass is 32.2. The number of aryl methyl sites for hydroxylation is 1. The molecular formula is C25H34N4O3S. The van der Waals surface area contributed by atoms with Gasteiger partial charge < -0.3 is 15.1 Å². The van der Waals surface area contributed by atoms with Crippen molar-refractivity contribution in [3.63, 3.8) is 0 Å². The molecule has 1 amide bonds. The number of benzene rings is 2. The smallest absolute Gasteiger partial charge is 0.243 e. The van der Waals surface area contributed by atoms with Crippen LogP contribution in [0.2, 0.25) is 0 Å². The summed E-state index contributed by atoms with van der Waals surface area (Å²) >= 11 is 0. The molecule has 0 aromatic heterocycles. The van der Waals surface area contributed by atoms with Crippen LogP contribution in [0.1, 0.15) is 30.4 Å². The third-order valence-electron chi connectivity index (χ3n) is 6.65. The molecule has 2 heterocycles. The number of carbonyl (C=O) groups is 1. The van der Waals surface area contributed by atoms with Crippen LogP contribution in [-0.2, 0) is 21.2 Å². The lowest BCUT2D eigenvalue weighted by Crippen LogP contribution is -2.44. The van der Waals surface area contributed by atoms with Crippen molar-refractivity contribution in [2.75, 3.05) is 56.5 Å². The Morgan fingerprint density at radius 1 is 0.939 bits per heavy atom. The van der Waals surface area contributed by atoms with Crippen LogP contribution < -0.4 is 10.2 Å². The molecule has 2 saturated heterocycles. The van der Waals surface area contributed by atoms with Crippen molar-refractivity contribution in [1.29, 1.82) is 0 Å². The predicted octanol–water partition coefficient (Wildman–Crippen LogP) is 3.10. The Hall–Kier alpha value is -2.42. The van der Waals surface area contributed by atoms with E-state index in [1.165, 1.54) is 0 Å². The topological polar surface area (TPSA) is 73.0 Å². The quantitative estimate of drug-likeness (QED) is 0.702. The van der Waals surface area contributed by atoms with Crippen molar-refractivity contribution in [2.45, 2.75) is 37.5 Å². The summed E-state index contributed by atoms with van der Waals surface area (Å²) < 4.78 is 28.1. The van der Waals surface area contributed by atoms with Crippen LogP contribution in [-0.4, -0.2) is 69.8 Å². The van der Waals surface area contributed by atoms with Gasteiger partial charge in [-0.25, -0.2) is 8.42 Å². The molecule has 178 valence electrons. The molecule has 33 heavy (non-hydrogen) atoms. The van der Waals surface area contributed by atoms with Gasteiger partial charge in [0.25, 0.3) is 0 Å². The van der Waals surface area contributed by atoms with Gasteiger partial charge in [0.2, 0.25) is 15.9 Å². The molecule has 2 aromatic carbocycles. The second-order valence-corrected chi connectivity index (χ2v) is 11.0. The first-order chi connectivity index (χ1) is 15.8. The standard InChI is InChI=1S/C25H34N4O3S/c1-20-8-4-5-9-21(20)18-25(30)26-23-19-22(33(31,32)29-12-6-3-7-13-29)10-11-24(23)28-16-14-27(2)15-17-28/h4-5,8-11,19H,3,6-7,12-18H2,1-2H3,(H,26,30). The summed E-state index contributed by atoms with van der Waals surface area (Å²) in [6.45, 7) is 6.60. The highest BCUT2D eigenvalue weighted by Gasteiger charge is 2.28. The van der Waals surface area contributed by atoms with Crippen molar-refractivity contribution in [3.8, 4) is 0 Å². The summed E-state index contributed by atoms with van der Waals surface area (Å²) in [5.74, 6) is -0.146. The molecule has 0 radical (unpaired) electrons. The number of rotatable bonds is 6. The summed E-state index contributed by atoms with van der Waals surface area (Å²) in [5, 5.41) is 3.03. The number of amides is 1. The van der Waals surface area contributed by atoms with Crippen LogP contribution in [0.5, 0.6) is 0 Å². The minimum absolute atomic E-state index is 0.146. The molecule has 2 aliphatic heterocycles. The number of anilines is 2. The Bertz CT molecular complexity index is 1090. The van der Waals surface area contributed by atoms with Crippen molar-refractivity contribution in [3.05, 3.63) is 53.6 Å². The second kappa shape index (κ2) is 10.2. The molecule has 0 saturated carbocycles. The van der Waals surface area contributed by atoms with Crippen molar-refractivity contribution in [2.24, 2.45) is 0 Å². The largest absolute Gasteiger partial charge is 0.367 e. The molecule has 0 aliphatic carbocycles. The normalized spacial score (nSPS) is 18.3. The molecule has 1 N–H and O–H groups in total. The van der Waals surface area contributed by atoms with E-state index in [0.717, 1.165) is 62.3 Å². The first kappa shape index (κ1) is 23.7. The lowest BCUT2D eigenvalue weighted by Gasteiger charge is -2.35. The zero-order valence-corrected chi connectivity index (χ0v) is 20.4. The number of nitrogens with one attached hydrogen (secondary N) is 1. The first-order valence-electron chi connectivity index (χ1n) is 11.8. The minimum atomic E-state index is -3.59. The summed E-state index contributed by atoms with van der Waals surface area (Å²) in [5.41, 5.74) is 3.47. The fourth-order valence-corrected chi connectivity index (χ4v) is 6.07. The Kier molecular flexibility index (Phi) is 7.36. The molecule has 0 spiro atoms. The molecule has 0 unspecified atom stereocenters. The first-order valence-corrected chi connectivity index (χ1v) is 13.2. The molecule has 4 rings (SSSR count). The van der Waals surface area contributed by atoms with Gasteiger partial charge in [0.1, 0.15) is 0 Å². The van der Waals surface area contributed by atoms with E-state index in [1.54, 1.807) is 16.4 Å². The number of sulfonamides is 1. The van der Waals surface area contributed by atoms with E-state index < -0.39 is 10.0 Å². The maximum atomic E-state index is 13.3. The molecule has 8 heteroatoms. The van der Waals surface area contributed by atoms with Gasteiger partial charge in [0.05, 0.1) is 22.7 Å². The van der Waals surface area contributed by atoms with Gasteiger partial charge in [-0.15, -0.1) is 0 Å². The summed E-state index contributed by atoms with van der Waals surface area (Å²) in [7, 11) is -1.49. The fraction of sp³-hybridized carbons (Fsp3) is 0.480. The SMILES string of the molecule is Cc1ccccc1CC(=O)Nc1cc(S(=O)(=O)N2CCCCC2)ccc1N1CCN(C)CC1. The fourth-order valence-electron chi connectivity index (χ4n) is 4.53. The van der Waals surface area contributed by atoms with Crippen molar-refractivity contribution >= 4 is 27.3 Å². The van der Waals surface area contributed by atoms with E-state index in [1.807, 2.05) is 37.3 Å². The summed E-state index contributed by atoms with van der Waals surface area (Å²) in [6, 6.07) is 13.0. The highest BCUT2D eigenvalue weighted by molar-refractivity contribution is 7.89. The van der Waals surface area contributed by atoms with Crippen LogP contribution in [0.4, 0.5) is 11.4 Å². The van der Waals surface area contributed by atoms with Gasteiger partial charge in [-0.05, 0) is 56.1 Å².